The van der Waals surface area contributed by atoms with Crippen LogP contribution in [-0.4, -0.2) is 32.3 Å². The van der Waals surface area contributed by atoms with Gasteiger partial charge in [-0.05, 0) is 24.6 Å². The molecule has 0 heterocycles. The summed E-state index contributed by atoms with van der Waals surface area (Å²) >= 11 is 11.7. The molecule has 0 radical (unpaired) electrons. The Labute approximate surface area is 126 Å². The summed E-state index contributed by atoms with van der Waals surface area (Å²) in [5.74, 6) is 0.437. The first kappa shape index (κ1) is 16.4. The van der Waals surface area contributed by atoms with Crippen molar-refractivity contribution < 1.29 is 14.3 Å². The third-order valence-corrected chi connectivity index (χ3v) is 2.75. The van der Waals surface area contributed by atoms with Crippen LogP contribution in [0, 0.1) is 0 Å². The van der Waals surface area contributed by atoms with Gasteiger partial charge in [0, 0.05) is 18.1 Å². The number of hydrogen-bond donors (Lipinski definition) is 3. The maximum absolute atomic E-state index is 11.4. The van der Waals surface area contributed by atoms with Crippen LogP contribution in [0.5, 0.6) is 5.75 Å². The Balaban J connectivity index is 2.16. The molecule has 0 aliphatic rings. The van der Waals surface area contributed by atoms with Gasteiger partial charge in [-0.1, -0.05) is 23.2 Å². The monoisotopic (exact) mass is 319 g/mol. The van der Waals surface area contributed by atoms with Gasteiger partial charge in [-0.15, -0.1) is 0 Å². The quantitative estimate of drug-likeness (QED) is 0.388. The smallest absolute Gasteiger partial charge is 0.317 e. The van der Waals surface area contributed by atoms with Crippen molar-refractivity contribution in [2.45, 2.75) is 6.42 Å². The Bertz CT molecular complexity index is 458. The fourth-order valence-corrected chi connectivity index (χ4v) is 1.75. The Morgan fingerprint density at radius 1 is 1.25 bits per heavy atom. The van der Waals surface area contributed by atoms with Crippen LogP contribution in [0.25, 0.3) is 0 Å². The lowest BCUT2D eigenvalue weighted by atomic mass is 10.3. The summed E-state index contributed by atoms with van der Waals surface area (Å²) in [7, 11) is 0. The molecule has 20 heavy (non-hydrogen) atoms. The van der Waals surface area contributed by atoms with Gasteiger partial charge in [0.1, 0.15) is 5.75 Å². The number of rotatable bonds is 8. The van der Waals surface area contributed by atoms with Crippen LogP contribution < -0.4 is 20.7 Å². The van der Waals surface area contributed by atoms with Gasteiger partial charge in [0.2, 0.25) is 6.41 Å². The summed E-state index contributed by atoms with van der Waals surface area (Å²) in [6.45, 7) is 0.953. The Hall–Kier alpha value is -1.66. The molecule has 0 bridgehead atoms. The van der Waals surface area contributed by atoms with E-state index in [1.807, 2.05) is 0 Å². The number of carbonyl (C=O) groups is 2. The van der Waals surface area contributed by atoms with E-state index in [9.17, 15) is 9.59 Å². The van der Waals surface area contributed by atoms with Crippen LogP contribution in [-0.2, 0) is 4.79 Å². The SMILES string of the molecule is O=CNCCCNC(=O)NCOc1ccc(Cl)cc1Cl. The van der Waals surface area contributed by atoms with Gasteiger partial charge in [0.05, 0.1) is 5.02 Å². The van der Waals surface area contributed by atoms with Gasteiger partial charge in [0.25, 0.3) is 0 Å². The van der Waals surface area contributed by atoms with Crippen molar-refractivity contribution in [2.75, 3.05) is 19.8 Å². The first-order valence-electron chi connectivity index (χ1n) is 5.90. The fraction of sp³-hybridized carbons (Fsp3) is 0.333. The minimum absolute atomic E-state index is 0.0141. The van der Waals surface area contributed by atoms with E-state index in [4.69, 9.17) is 27.9 Å². The topological polar surface area (TPSA) is 79.5 Å². The first-order valence-corrected chi connectivity index (χ1v) is 6.65. The lowest BCUT2D eigenvalue weighted by Crippen LogP contribution is -2.38. The molecule has 0 aliphatic carbocycles. The zero-order chi connectivity index (χ0) is 14.8. The van der Waals surface area contributed by atoms with Crippen molar-refractivity contribution in [3.8, 4) is 5.75 Å². The molecule has 0 unspecified atom stereocenters. The molecule has 0 aliphatic heterocycles. The third-order valence-electron chi connectivity index (χ3n) is 2.22. The molecular weight excluding hydrogens is 305 g/mol. The van der Waals surface area contributed by atoms with Gasteiger partial charge in [-0.3, -0.25) is 4.79 Å². The second-order valence-electron chi connectivity index (χ2n) is 3.72. The summed E-state index contributed by atoms with van der Waals surface area (Å²) in [4.78, 5) is 21.3. The molecule has 0 fully saturated rings. The number of nitrogens with one attached hydrogen (secondary N) is 3. The van der Waals surface area contributed by atoms with Crippen molar-refractivity contribution in [2.24, 2.45) is 0 Å². The molecule has 1 aromatic carbocycles. The number of halogens is 2. The van der Waals surface area contributed by atoms with Crippen molar-refractivity contribution in [1.29, 1.82) is 0 Å². The lowest BCUT2D eigenvalue weighted by Gasteiger charge is -2.10. The summed E-state index contributed by atoms with van der Waals surface area (Å²) in [6.07, 6.45) is 1.26. The van der Waals surface area contributed by atoms with Crippen molar-refractivity contribution >= 4 is 35.6 Å². The Morgan fingerprint density at radius 2 is 2.05 bits per heavy atom. The average Bonchev–Trinajstić information content (AvgIpc) is 2.41. The number of ether oxygens (including phenoxy) is 1. The van der Waals surface area contributed by atoms with E-state index >= 15 is 0 Å². The van der Waals surface area contributed by atoms with Crippen LogP contribution in [0.4, 0.5) is 4.79 Å². The van der Waals surface area contributed by atoms with Crippen LogP contribution >= 0.6 is 23.2 Å². The molecular formula is C12H15Cl2N3O3. The maximum atomic E-state index is 11.4. The van der Waals surface area contributed by atoms with Crippen LogP contribution in [0.1, 0.15) is 6.42 Å². The minimum Gasteiger partial charge on any atom is -0.472 e. The summed E-state index contributed by atoms with van der Waals surface area (Å²) in [5, 5.41) is 8.50. The molecule has 3 N–H and O–H groups in total. The predicted octanol–water partition coefficient (Wildman–Crippen LogP) is 1.76. The standard InChI is InChI=1S/C12H15Cl2N3O3/c13-9-2-3-11(10(14)6-9)20-8-17-12(19)16-5-1-4-15-7-18/h2-3,6-7H,1,4-5,8H2,(H,15,18)(H2,16,17,19). The molecule has 3 amide bonds. The molecule has 0 atom stereocenters. The molecule has 6 nitrogen and oxygen atoms in total. The Morgan fingerprint density at radius 3 is 2.75 bits per heavy atom. The largest absolute Gasteiger partial charge is 0.472 e. The van der Waals surface area contributed by atoms with Crippen LogP contribution in [0.3, 0.4) is 0 Å². The second-order valence-corrected chi connectivity index (χ2v) is 4.57. The normalized spacial score (nSPS) is 9.70. The van der Waals surface area contributed by atoms with Gasteiger partial charge < -0.3 is 20.7 Å². The number of amides is 3. The van der Waals surface area contributed by atoms with E-state index in [0.29, 0.717) is 41.7 Å². The number of hydrogen-bond acceptors (Lipinski definition) is 3. The van der Waals surface area contributed by atoms with Crippen molar-refractivity contribution in [1.82, 2.24) is 16.0 Å². The summed E-state index contributed by atoms with van der Waals surface area (Å²) in [5.41, 5.74) is 0. The fourth-order valence-electron chi connectivity index (χ4n) is 1.29. The molecule has 0 aromatic heterocycles. The van der Waals surface area contributed by atoms with E-state index in [-0.39, 0.29) is 12.8 Å². The maximum Gasteiger partial charge on any atom is 0.317 e. The zero-order valence-electron chi connectivity index (χ0n) is 10.6. The highest BCUT2D eigenvalue weighted by molar-refractivity contribution is 6.35. The van der Waals surface area contributed by atoms with Gasteiger partial charge >= 0.3 is 6.03 Å². The summed E-state index contributed by atoms with van der Waals surface area (Å²) in [6, 6.07) is 4.46. The van der Waals surface area contributed by atoms with Crippen LogP contribution in [0.15, 0.2) is 18.2 Å². The second kappa shape index (κ2) is 9.28. The highest BCUT2D eigenvalue weighted by atomic mass is 35.5. The predicted molar refractivity (Wildman–Crippen MR) is 77.2 cm³/mol. The van der Waals surface area contributed by atoms with E-state index in [2.05, 4.69) is 16.0 Å². The highest BCUT2D eigenvalue weighted by Crippen LogP contribution is 2.27. The van der Waals surface area contributed by atoms with Gasteiger partial charge in [-0.2, -0.15) is 0 Å². The average molecular weight is 320 g/mol. The third kappa shape index (κ3) is 6.49. The molecule has 0 spiro atoms. The molecule has 1 rings (SSSR count). The molecule has 0 saturated carbocycles. The Kier molecular flexibility index (Phi) is 7.60. The van der Waals surface area contributed by atoms with Crippen molar-refractivity contribution in [3.05, 3.63) is 28.2 Å². The van der Waals surface area contributed by atoms with E-state index in [0.717, 1.165) is 0 Å². The summed E-state index contributed by atoms with van der Waals surface area (Å²) < 4.78 is 5.29. The van der Waals surface area contributed by atoms with Gasteiger partial charge in [0.15, 0.2) is 6.73 Å². The van der Waals surface area contributed by atoms with E-state index < -0.39 is 0 Å². The van der Waals surface area contributed by atoms with E-state index in [1.165, 1.54) is 0 Å². The molecule has 1 aromatic rings. The van der Waals surface area contributed by atoms with E-state index in [1.54, 1.807) is 18.2 Å². The van der Waals surface area contributed by atoms with Gasteiger partial charge in [-0.25, -0.2) is 4.79 Å². The first-order chi connectivity index (χ1) is 9.63. The van der Waals surface area contributed by atoms with Crippen molar-refractivity contribution in [3.63, 3.8) is 0 Å². The number of benzene rings is 1. The molecule has 0 saturated heterocycles. The number of carbonyl (C=O) groups excluding carboxylic acids is 2. The molecule has 110 valence electrons. The minimum atomic E-state index is -0.360. The lowest BCUT2D eigenvalue weighted by molar-refractivity contribution is -0.109. The number of urea groups is 1. The van der Waals surface area contributed by atoms with Crippen LogP contribution in [0.2, 0.25) is 10.0 Å². The zero-order valence-corrected chi connectivity index (χ0v) is 12.1. The highest BCUT2D eigenvalue weighted by Gasteiger charge is 2.03. The molecule has 8 heteroatoms.